The van der Waals surface area contributed by atoms with Gasteiger partial charge in [-0.3, -0.25) is 9.89 Å². The van der Waals surface area contributed by atoms with Crippen LogP contribution in [0.5, 0.6) is 0 Å². The molecule has 1 amide bonds. The van der Waals surface area contributed by atoms with E-state index in [1.807, 2.05) is 30.3 Å². The molecule has 0 aliphatic carbocycles. The van der Waals surface area contributed by atoms with Crippen LogP contribution in [0.25, 0.3) is 11.3 Å². The van der Waals surface area contributed by atoms with Crippen LogP contribution in [-0.2, 0) is 23.5 Å². The quantitative estimate of drug-likeness (QED) is 0.482. The molecule has 0 radical (unpaired) electrons. The molecular formula is C21H27N5O3S. The van der Waals surface area contributed by atoms with Gasteiger partial charge in [-0.25, -0.2) is 12.7 Å². The van der Waals surface area contributed by atoms with Gasteiger partial charge in [0.05, 0.1) is 5.69 Å². The van der Waals surface area contributed by atoms with Crippen LogP contribution in [-0.4, -0.2) is 47.0 Å². The lowest BCUT2D eigenvalue weighted by Gasteiger charge is -2.16. The number of carbonyl (C=O) groups is 1. The van der Waals surface area contributed by atoms with Crippen LogP contribution in [0.2, 0.25) is 0 Å². The van der Waals surface area contributed by atoms with E-state index in [1.165, 1.54) is 21.1 Å². The van der Waals surface area contributed by atoms with Crippen molar-refractivity contribution in [3.05, 3.63) is 60.0 Å². The third-order valence-electron chi connectivity index (χ3n) is 5.06. The molecule has 0 saturated carbocycles. The number of sulfonamides is 1. The van der Waals surface area contributed by atoms with Gasteiger partial charge in [0.1, 0.15) is 10.6 Å². The van der Waals surface area contributed by atoms with Gasteiger partial charge in [-0.2, -0.15) is 5.10 Å². The number of nitrogens with zero attached hydrogens (tertiary/aromatic N) is 3. The van der Waals surface area contributed by atoms with E-state index in [2.05, 4.69) is 16.3 Å². The number of aryl methyl sites for hydroxylation is 2. The molecule has 0 aliphatic heterocycles. The zero-order valence-corrected chi connectivity index (χ0v) is 18.0. The minimum Gasteiger partial charge on any atom is -0.364 e. The number of rotatable bonds is 10. The summed E-state index contributed by atoms with van der Waals surface area (Å²) in [5.74, 6) is -0.657. The topological polar surface area (TPSA) is 114 Å². The van der Waals surface area contributed by atoms with Crippen LogP contribution >= 0.6 is 0 Å². The second kappa shape index (κ2) is 9.27. The Balaban J connectivity index is 1.47. The van der Waals surface area contributed by atoms with Gasteiger partial charge in [0.15, 0.2) is 0 Å². The van der Waals surface area contributed by atoms with E-state index in [9.17, 15) is 13.2 Å². The van der Waals surface area contributed by atoms with Gasteiger partial charge < -0.3 is 10.3 Å². The Morgan fingerprint density at radius 3 is 2.57 bits per heavy atom. The number of primary amides is 1. The summed E-state index contributed by atoms with van der Waals surface area (Å²) in [7, 11) is -0.508. The lowest BCUT2D eigenvalue weighted by molar-refractivity contribution is 0.0992. The van der Waals surface area contributed by atoms with Crippen molar-refractivity contribution in [2.45, 2.75) is 30.6 Å². The predicted molar refractivity (Wildman–Crippen MR) is 115 cm³/mol. The molecule has 3 N–H and O–H groups in total. The number of aromatic nitrogens is 3. The molecule has 8 nitrogen and oxygen atoms in total. The van der Waals surface area contributed by atoms with Crippen molar-refractivity contribution in [1.82, 2.24) is 19.1 Å². The number of unbranched alkanes of at least 4 members (excludes halogenated alkanes) is 2. The maximum atomic E-state index is 12.7. The smallest absolute Gasteiger partial charge is 0.265 e. The highest BCUT2D eigenvalue weighted by Gasteiger charge is 2.23. The number of hydrogen-bond acceptors (Lipinski definition) is 4. The molecule has 0 atom stereocenters. The molecule has 2 heterocycles. The van der Waals surface area contributed by atoms with Crippen molar-refractivity contribution in [1.29, 1.82) is 0 Å². The zero-order chi connectivity index (χ0) is 21.7. The van der Waals surface area contributed by atoms with Crippen molar-refractivity contribution in [2.24, 2.45) is 12.8 Å². The Bertz CT molecular complexity index is 1100. The first-order valence-electron chi connectivity index (χ1n) is 9.81. The summed E-state index contributed by atoms with van der Waals surface area (Å²) in [5.41, 5.74) is 8.50. The highest BCUT2D eigenvalue weighted by Crippen LogP contribution is 2.19. The molecule has 0 bridgehead atoms. The number of H-pyrrole nitrogens is 1. The fourth-order valence-electron chi connectivity index (χ4n) is 3.29. The normalized spacial score (nSPS) is 11.8. The van der Waals surface area contributed by atoms with Crippen LogP contribution in [0.3, 0.4) is 0 Å². The van der Waals surface area contributed by atoms with Gasteiger partial charge in [0.25, 0.3) is 5.91 Å². The molecule has 1 aromatic carbocycles. The molecule has 0 unspecified atom stereocenters. The zero-order valence-electron chi connectivity index (χ0n) is 17.2. The second-order valence-corrected chi connectivity index (χ2v) is 9.36. The van der Waals surface area contributed by atoms with Crippen molar-refractivity contribution in [3.8, 4) is 11.3 Å². The molecule has 0 aliphatic rings. The van der Waals surface area contributed by atoms with Crippen molar-refractivity contribution < 1.29 is 13.2 Å². The van der Waals surface area contributed by atoms with Crippen LogP contribution in [0, 0.1) is 0 Å². The Hall–Kier alpha value is -2.91. The molecule has 9 heteroatoms. The average molecular weight is 430 g/mol. The summed E-state index contributed by atoms with van der Waals surface area (Å²) in [6.45, 7) is 0.404. The van der Waals surface area contributed by atoms with Gasteiger partial charge >= 0.3 is 0 Å². The van der Waals surface area contributed by atoms with Crippen LogP contribution in [0.4, 0.5) is 0 Å². The summed E-state index contributed by atoms with van der Waals surface area (Å²) < 4.78 is 28.1. The predicted octanol–water partition coefficient (Wildman–Crippen LogP) is 2.55. The first kappa shape index (κ1) is 21.8. The second-order valence-electron chi connectivity index (χ2n) is 7.32. The first-order chi connectivity index (χ1) is 14.3. The Labute approximate surface area is 176 Å². The molecular weight excluding hydrogens is 402 g/mol. The lowest BCUT2D eigenvalue weighted by atomic mass is 10.1. The average Bonchev–Trinajstić information content (AvgIpc) is 3.35. The third-order valence-corrected chi connectivity index (χ3v) is 6.88. The Kier molecular flexibility index (Phi) is 6.73. The van der Waals surface area contributed by atoms with Gasteiger partial charge in [-0.05, 0) is 31.4 Å². The standard InChI is InChI=1S/C21H27N5O3S/c1-25-15-18(14-20(25)21(22)27)30(28,29)26(2)12-8-4-7-11-17-13-19(24-23-17)16-9-5-3-6-10-16/h3,5-6,9-10,13-15H,4,7-8,11-12H2,1-2H3,(H2,22,27)(H,23,24). The van der Waals surface area contributed by atoms with Crippen LogP contribution < -0.4 is 5.73 Å². The van der Waals surface area contributed by atoms with E-state index in [1.54, 1.807) is 14.1 Å². The lowest BCUT2D eigenvalue weighted by Crippen LogP contribution is -2.27. The monoisotopic (exact) mass is 429 g/mol. The number of nitrogens with one attached hydrogen (secondary N) is 1. The highest BCUT2D eigenvalue weighted by molar-refractivity contribution is 7.89. The molecule has 30 heavy (non-hydrogen) atoms. The molecule has 0 fully saturated rings. The van der Waals surface area contributed by atoms with Gasteiger partial charge in [-0.15, -0.1) is 0 Å². The van der Waals surface area contributed by atoms with E-state index in [4.69, 9.17) is 5.73 Å². The summed E-state index contributed by atoms with van der Waals surface area (Å²) in [6, 6.07) is 13.4. The Morgan fingerprint density at radius 2 is 1.90 bits per heavy atom. The summed E-state index contributed by atoms with van der Waals surface area (Å²) in [4.78, 5) is 11.4. The minimum atomic E-state index is -3.65. The highest BCUT2D eigenvalue weighted by atomic mass is 32.2. The number of nitrogens with two attached hydrogens (primary N) is 1. The summed E-state index contributed by atoms with van der Waals surface area (Å²) in [5, 5.41) is 7.42. The maximum Gasteiger partial charge on any atom is 0.265 e. The molecule has 3 aromatic rings. The van der Waals surface area contributed by atoms with E-state index in [0.29, 0.717) is 6.54 Å². The Morgan fingerprint density at radius 1 is 1.17 bits per heavy atom. The van der Waals surface area contributed by atoms with Crippen LogP contribution in [0.15, 0.2) is 53.6 Å². The third kappa shape index (κ3) is 4.98. The minimum absolute atomic E-state index is 0.0761. The fraction of sp³-hybridized carbons (Fsp3) is 0.333. The number of hydrogen-bond donors (Lipinski definition) is 2. The van der Waals surface area contributed by atoms with Crippen molar-refractivity contribution in [2.75, 3.05) is 13.6 Å². The van der Waals surface area contributed by atoms with E-state index in [-0.39, 0.29) is 10.6 Å². The van der Waals surface area contributed by atoms with Gasteiger partial charge in [0, 0.05) is 38.1 Å². The summed E-state index contributed by atoms with van der Waals surface area (Å²) in [6.07, 6.45) is 4.83. The van der Waals surface area contributed by atoms with Crippen molar-refractivity contribution >= 4 is 15.9 Å². The van der Waals surface area contributed by atoms with Crippen LogP contribution in [0.1, 0.15) is 35.4 Å². The molecule has 3 rings (SSSR count). The van der Waals surface area contributed by atoms with Gasteiger partial charge in [0.2, 0.25) is 10.0 Å². The molecule has 0 saturated heterocycles. The molecule has 2 aromatic heterocycles. The van der Waals surface area contributed by atoms with Crippen molar-refractivity contribution in [3.63, 3.8) is 0 Å². The molecule has 0 spiro atoms. The fourth-order valence-corrected chi connectivity index (χ4v) is 4.57. The number of carbonyl (C=O) groups excluding carboxylic acids is 1. The SMILES string of the molecule is CN(CCCCCc1cc(-c2ccccc2)n[nH]1)S(=O)(=O)c1cc(C(N)=O)n(C)c1. The van der Waals surface area contributed by atoms with E-state index >= 15 is 0 Å². The van der Waals surface area contributed by atoms with E-state index < -0.39 is 15.9 Å². The first-order valence-corrected chi connectivity index (χ1v) is 11.3. The number of aromatic amines is 1. The van der Waals surface area contributed by atoms with E-state index in [0.717, 1.165) is 42.6 Å². The molecule has 160 valence electrons. The number of benzene rings is 1. The maximum absolute atomic E-state index is 12.7. The largest absolute Gasteiger partial charge is 0.364 e. The summed E-state index contributed by atoms with van der Waals surface area (Å²) >= 11 is 0. The van der Waals surface area contributed by atoms with Gasteiger partial charge in [-0.1, -0.05) is 36.8 Å². The number of amides is 1.